The molecule has 0 bridgehead atoms. The predicted octanol–water partition coefficient (Wildman–Crippen LogP) is 4.29. The summed E-state index contributed by atoms with van der Waals surface area (Å²) in [5.41, 5.74) is 7.73. The molecule has 2 aromatic carbocycles. The van der Waals surface area contributed by atoms with Crippen LogP contribution in [-0.4, -0.2) is 13.2 Å². The Morgan fingerprint density at radius 2 is 1.58 bits per heavy atom. The maximum absolute atomic E-state index is 9.50. The molecule has 0 spiro atoms. The van der Waals surface area contributed by atoms with E-state index in [-0.39, 0.29) is 6.17 Å². The molecular formula is C20H20N4. The fourth-order valence-electron chi connectivity index (χ4n) is 3.39. The predicted molar refractivity (Wildman–Crippen MR) is 96.5 cm³/mol. The van der Waals surface area contributed by atoms with Gasteiger partial charge in [0.05, 0.1) is 28.6 Å². The first kappa shape index (κ1) is 15.9. The number of hydrogen-bond donors (Lipinski definition) is 0. The third-order valence-corrected chi connectivity index (χ3v) is 5.08. The van der Waals surface area contributed by atoms with E-state index in [1.165, 1.54) is 16.7 Å². The number of nitrogens with zero attached hydrogens (tertiary/aromatic N) is 4. The van der Waals surface area contributed by atoms with Gasteiger partial charge in [-0.15, -0.1) is 0 Å². The lowest BCUT2D eigenvalue weighted by Gasteiger charge is -2.28. The number of benzene rings is 2. The summed E-state index contributed by atoms with van der Waals surface area (Å²) in [5, 5.41) is 18.8. The molecule has 0 saturated heterocycles. The van der Waals surface area contributed by atoms with Crippen LogP contribution in [0.1, 0.15) is 34.7 Å². The molecular weight excluding hydrogens is 296 g/mol. The number of fused-ring (bicyclic) bond motifs is 1. The standard InChI is InChI=1S/C20H20N4/c1-12-6-18(7-13(2)14(12)3)24-15(4)23(5)20-17(11-22)8-16(10-21)9-19(20)24/h6-9,15H,1-5H3/t15-/m0/s1. The highest BCUT2D eigenvalue weighted by Crippen LogP contribution is 2.46. The summed E-state index contributed by atoms with van der Waals surface area (Å²) in [6, 6.07) is 12.3. The summed E-state index contributed by atoms with van der Waals surface area (Å²) in [5.74, 6) is 0. The Balaban J connectivity index is 2.27. The van der Waals surface area contributed by atoms with E-state index in [0.29, 0.717) is 11.1 Å². The maximum Gasteiger partial charge on any atom is 0.103 e. The van der Waals surface area contributed by atoms with Gasteiger partial charge in [-0.2, -0.15) is 10.5 Å². The first-order valence-electron chi connectivity index (χ1n) is 7.97. The highest BCUT2D eigenvalue weighted by atomic mass is 15.4. The molecule has 0 unspecified atom stereocenters. The third kappa shape index (κ3) is 2.20. The van der Waals surface area contributed by atoms with E-state index >= 15 is 0 Å². The summed E-state index contributed by atoms with van der Waals surface area (Å²) >= 11 is 0. The van der Waals surface area contributed by atoms with Gasteiger partial charge < -0.3 is 9.80 Å². The molecule has 1 heterocycles. The fraction of sp³-hybridized carbons (Fsp3) is 0.300. The van der Waals surface area contributed by atoms with Crippen LogP contribution >= 0.6 is 0 Å². The van der Waals surface area contributed by atoms with Crippen molar-refractivity contribution < 1.29 is 0 Å². The van der Waals surface area contributed by atoms with Crippen molar-refractivity contribution in [3.05, 3.63) is 52.1 Å². The summed E-state index contributed by atoms with van der Waals surface area (Å²) in [6.45, 7) is 8.47. The first-order valence-corrected chi connectivity index (χ1v) is 7.97. The fourth-order valence-corrected chi connectivity index (χ4v) is 3.39. The molecule has 2 aromatic rings. The average Bonchev–Trinajstić information content (AvgIpc) is 2.82. The molecule has 0 radical (unpaired) electrons. The quantitative estimate of drug-likeness (QED) is 0.787. The minimum absolute atomic E-state index is 0.0718. The molecule has 0 N–H and O–H groups in total. The van der Waals surface area contributed by atoms with Gasteiger partial charge in [-0.3, -0.25) is 0 Å². The Morgan fingerprint density at radius 1 is 0.958 bits per heavy atom. The van der Waals surface area contributed by atoms with Gasteiger partial charge in [-0.05, 0) is 68.7 Å². The van der Waals surface area contributed by atoms with Crippen molar-refractivity contribution in [2.45, 2.75) is 33.9 Å². The number of rotatable bonds is 1. The summed E-state index contributed by atoms with van der Waals surface area (Å²) in [4.78, 5) is 4.30. The molecule has 4 heteroatoms. The van der Waals surface area contributed by atoms with E-state index in [1.807, 2.05) is 13.1 Å². The Bertz CT molecular complexity index is 891. The van der Waals surface area contributed by atoms with Crippen LogP contribution in [0.5, 0.6) is 0 Å². The second kappa shape index (κ2) is 5.58. The van der Waals surface area contributed by atoms with Gasteiger partial charge in [0.2, 0.25) is 0 Å². The summed E-state index contributed by atoms with van der Waals surface area (Å²) < 4.78 is 0. The molecule has 24 heavy (non-hydrogen) atoms. The van der Waals surface area contributed by atoms with Gasteiger partial charge in [0.15, 0.2) is 0 Å². The molecule has 0 amide bonds. The number of nitriles is 2. The topological polar surface area (TPSA) is 54.1 Å². The van der Waals surface area contributed by atoms with E-state index in [9.17, 15) is 10.5 Å². The zero-order valence-corrected chi connectivity index (χ0v) is 14.7. The average molecular weight is 316 g/mol. The molecule has 0 aromatic heterocycles. The van der Waals surface area contributed by atoms with Crippen molar-refractivity contribution >= 4 is 17.1 Å². The van der Waals surface area contributed by atoms with Crippen LogP contribution in [0.15, 0.2) is 24.3 Å². The zero-order valence-electron chi connectivity index (χ0n) is 14.7. The highest BCUT2D eigenvalue weighted by molar-refractivity contribution is 5.88. The van der Waals surface area contributed by atoms with Gasteiger partial charge in [-0.25, -0.2) is 0 Å². The molecule has 0 fully saturated rings. The second-order valence-corrected chi connectivity index (χ2v) is 6.43. The van der Waals surface area contributed by atoms with Crippen LogP contribution in [-0.2, 0) is 0 Å². The van der Waals surface area contributed by atoms with Crippen LogP contribution in [0.25, 0.3) is 0 Å². The van der Waals surface area contributed by atoms with Crippen LogP contribution in [0, 0.1) is 43.4 Å². The number of aryl methyl sites for hydroxylation is 2. The smallest absolute Gasteiger partial charge is 0.103 e. The normalized spacial score (nSPS) is 15.9. The second-order valence-electron chi connectivity index (χ2n) is 6.43. The van der Waals surface area contributed by atoms with Gasteiger partial charge in [-0.1, -0.05) is 0 Å². The SMILES string of the molecule is Cc1cc(N2c3cc(C#N)cc(C#N)c3N(C)[C@@H]2C)cc(C)c1C. The monoisotopic (exact) mass is 316 g/mol. The van der Waals surface area contributed by atoms with Gasteiger partial charge in [0, 0.05) is 12.7 Å². The van der Waals surface area contributed by atoms with E-state index in [1.54, 1.807) is 6.07 Å². The van der Waals surface area contributed by atoms with Crippen LogP contribution in [0.3, 0.4) is 0 Å². The lowest BCUT2D eigenvalue weighted by atomic mass is 10.0. The minimum Gasteiger partial charge on any atom is -0.351 e. The van der Waals surface area contributed by atoms with Crippen LogP contribution in [0.2, 0.25) is 0 Å². The Kier molecular flexibility index (Phi) is 3.70. The maximum atomic E-state index is 9.50. The molecule has 1 aliphatic heterocycles. The molecule has 4 nitrogen and oxygen atoms in total. The molecule has 0 saturated carbocycles. The van der Waals surface area contributed by atoms with Crippen molar-refractivity contribution in [2.75, 3.05) is 16.8 Å². The number of hydrogen-bond acceptors (Lipinski definition) is 4. The zero-order chi connectivity index (χ0) is 17.6. The van der Waals surface area contributed by atoms with Crippen molar-refractivity contribution in [2.24, 2.45) is 0 Å². The van der Waals surface area contributed by atoms with E-state index in [0.717, 1.165) is 17.1 Å². The Morgan fingerprint density at radius 3 is 2.12 bits per heavy atom. The van der Waals surface area contributed by atoms with E-state index in [2.05, 4.69) is 61.8 Å². The van der Waals surface area contributed by atoms with Crippen molar-refractivity contribution in [1.82, 2.24) is 0 Å². The van der Waals surface area contributed by atoms with Gasteiger partial charge in [0.25, 0.3) is 0 Å². The largest absolute Gasteiger partial charge is 0.351 e. The minimum atomic E-state index is 0.0718. The van der Waals surface area contributed by atoms with Crippen LogP contribution < -0.4 is 9.80 Å². The molecule has 1 aliphatic rings. The lowest BCUT2D eigenvalue weighted by molar-refractivity contribution is 0.733. The van der Waals surface area contributed by atoms with Crippen LogP contribution in [0.4, 0.5) is 17.1 Å². The molecule has 3 rings (SSSR count). The highest BCUT2D eigenvalue weighted by Gasteiger charge is 2.34. The molecule has 0 aliphatic carbocycles. The third-order valence-electron chi connectivity index (χ3n) is 5.08. The molecule has 1 atom stereocenters. The summed E-state index contributed by atoms with van der Waals surface area (Å²) in [7, 11) is 1.99. The Hall–Kier alpha value is -2.98. The van der Waals surface area contributed by atoms with Crippen molar-refractivity contribution in [3.8, 4) is 12.1 Å². The van der Waals surface area contributed by atoms with E-state index < -0.39 is 0 Å². The van der Waals surface area contributed by atoms with Crippen molar-refractivity contribution in [3.63, 3.8) is 0 Å². The first-order chi connectivity index (χ1) is 11.4. The van der Waals surface area contributed by atoms with E-state index in [4.69, 9.17) is 0 Å². The lowest BCUT2D eigenvalue weighted by Crippen LogP contribution is -2.35. The van der Waals surface area contributed by atoms with Gasteiger partial charge >= 0.3 is 0 Å². The van der Waals surface area contributed by atoms with Crippen molar-refractivity contribution in [1.29, 1.82) is 10.5 Å². The summed E-state index contributed by atoms with van der Waals surface area (Å²) in [6.07, 6.45) is 0.0718. The Labute approximate surface area is 143 Å². The van der Waals surface area contributed by atoms with Gasteiger partial charge in [0.1, 0.15) is 12.2 Å². The number of anilines is 3. The molecule has 120 valence electrons.